The fourth-order valence-corrected chi connectivity index (χ4v) is 2.95. The summed E-state index contributed by atoms with van der Waals surface area (Å²) in [6.07, 6.45) is 9.76. The van der Waals surface area contributed by atoms with Gasteiger partial charge >= 0.3 is 0 Å². The van der Waals surface area contributed by atoms with Crippen LogP contribution in [-0.2, 0) is 5.41 Å². The molecule has 3 heteroatoms. The van der Waals surface area contributed by atoms with Crippen LogP contribution in [0.1, 0.15) is 39.2 Å². The van der Waals surface area contributed by atoms with E-state index in [0.29, 0.717) is 12.1 Å². The number of aromatic nitrogens is 1. The number of nitriles is 1. The average molecular weight is 257 g/mol. The molecule has 2 bridgehead atoms. The lowest BCUT2D eigenvalue weighted by atomic mass is 9.72. The molecule has 3 atom stereocenters. The smallest absolute Gasteiger partial charge is 0.0873 e. The van der Waals surface area contributed by atoms with Gasteiger partial charge in [0.15, 0.2) is 0 Å². The van der Waals surface area contributed by atoms with Gasteiger partial charge in [0.25, 0.3) is 0 Å². The van der Waals surface area contributed by atoms with Crippen LogP contribution >= 0.6 is 0 Å². The van der Waals surface area contributed by atoms with E-state index in [4.69, 9.17) is 0 Å². The molecule has 1 unspecified atom stereocenters. The van der Waals surface area contributed by atoms with Crippen molar-refractivity contribution in [2.24, 2.45) is 0 Å². The van der Waals surface area contributed by atoms with Gasteiger partial charge in [-0.3, -0.25) is 4.98 Å². The summed E-state index contributed by atoms with van der Waals surface area (Å²) in [5, 5.41) is 13.1. The van der Waals surface area contributed by atoms with Gasteiger partial charge in [0.2, 0.25) is 0 Å². The van der Waals surface area contributed by atoms with E-state index < -0.39 is 0 Å². The number of hydrogen-bond acceptors (Lipinski definition) is 3. The van der Waals surface area contributed by atoms with Crippen LogP contribution < -0.4 is 5.32 Å². The van der Waals surface area contributed by atoms with Gasteiger partial charge in [-0.15, -0.1) is 0 Å². The molecule has 3 heterocycles. The van der Waals surface area contributed by atoms with E-state index >= 15 is 0 Å². The lowest BCUT2D eigenvalue weighted by Gasteiger charge is -2.36. The molecule has 19 heavy (non-hydrogen) atoms. The number of nitrogens with one attached hydrogen (secondary N) is 1. The van der Waals surface area contributed by atoms with E-state index in [2.05, 4.69) is 34.6 Å². The summed E-state index contributed by atoms with van der Waals surface area (Å²) in [7, 11) is 0. The van der Waals surface area contributed by atoms with Crippen LogP contribution in [0.5, 0.6) is 0 Å². The first-order chi connectivity index (χ1) is 9.22. The van der Waals surface area contributed by atoms with Crippen LogP contribution in [0, 0.1) is 18.3 Å². The maximum absolute atomic E-state index is 9.62. The molecule has 2 aliphatic rings. The second-order valence-corrected chi connectivity index (χ2v) is 5.12. The maximum atomic E-state index is 9.62. The van der Waals surface area contributed by atoms with E-state index in [1.807, 2.05) is 33.2 Å². The molecular formula is C16H23N3. The molecule has 0 saturated carbocycles. The zero-order chi connectivity index (χ0) is 13.9. The Kier molecular flexibility index (Phi) is 4.01. The van der Waals surface area contributed by atoms with Crippen molar-refractivity contribution in [2.75, 3.05) is 0 Å². The first-order valence-electron chi connectivity index (χ1n) is 7.00. The number of pyridine rings is 1. The van der Waals surface area contributed by atoms with Crippen molar-refractivity contribution in [3.63, 3.8) is 0 Å². The zero-order valence-electron chi connectivity index (χ0n) is 11.9. The van der Waals surface area contributed by atoms with Gasteiger partial charge in [0, 0.05) is 25.9 Å². The van der Waals surface area contributed by atoms with E-state index in [9.17, 15) is 5.26 Å². The first kappa shape index (κ1) is 13.8. The van der Waals surface area contributed by atoms with Gasteiger partial charge in [0.1, 0.15) is 0 Å². The van der Waals surface area contributed by atoms with E-state index in [1.165, 1.54) is 0 Å². The van der Waals surface area contributed by atoms with Gasteiger partial charge in [0.05, 0.1) is 11.5 Å². The van der Waals surface area contributed by atoms with Gasteiger partial charge in [-0.25, -0.2) is 0 Å². The largest absolute Gasteiger partial charge is 0.304 e. The van der Waals surface area contributed by atoms with Crippen LogP contribution in [0.15, 0.2) is 30.6 Å². The topological polar surface area (TPSA) is 48.7 Å². The second-order valence-electron chi connectivity index (χ2n) is 5.12. The highest BCUT2D eigenvalue weighted by molar-refractivity contribution is 5.37. The zero-order valence-corrected chi connectivity index (χ0v) is 11.9. The van der Waals surface area contributed by atoms with Gasteiger partial charge < -0.3 is 5.32 Å². The quantitative estimate of drug-likeness (QED) is 0.786. The third-order valence-corrected chi connectivity index (χ3v) is 3.78. The number of piperidine rings is 1. The molecule has 0 aliphatic carbocycles. The average Bonchev–Trinajstić information content (AvgIpc) is 2.80. The molecule has 1 saturated heterocycles. The molecule has 1 aromatic heterocycles. The molecular weight excluding hydrogens is 234 g/mol. The number of nitrogens with zero attached hydrogens (tertiary/aromatic N) is 2. The second kappa shape index (κ2) is 5.54. The Morgan fingerprint density at radius 1 is 1.32 bits per heavy atom. The first-order valence-corrected chi connectivity index (χ1v) is 7.00. The van der Waals surface area contributed by atoms with Crippen molar-refractivity contribution < 1.29 is 1.43 Å². The van der Waals surface area contributed by atoms with Crippen LogP contribution in [0.4, 0.5) is 0 Å². The van der Waals surface area contributed by atoms with Crippen molar-refractivity contribution in [3.8, 4) is 6.07 Å². The fourth-order valence-electron chi connectivity index (χ4n) is 2.95. The molecule has 0 spiro atoms. The summed E-state index contributed by atoms with van der Waals surface area (Å²) in [5.74, 6) is 0. The minimum absolute atomic E-state index is 0. The van der Waals surface area contributed by atoms with E-state index in [1.54, 1.807) is 0 Å². The number of aryl methyl sites for hydroxylation is 1. The molecule has 1 N–H and O–H groups in total. The Bertz CT molecular complexity index is 505. The minimum Gasteiger partial charge on any atom is -0.304 e. The Balaban J connectivity index is 0.000000639. The number of rotatable bonds is 1. The van der Waals surface area contributed by atoms with Gasteiger partial charge in [-0.2, -0.15) is 5.26 Å². The normalized spacial score (nSPS) is 31.3. The van der Waals surface area contributed by atoms with E-state index in [0.717, 1.165) is 24.0 Å². The lowest BCUT2D eigenvalue weighted by molar-refractivity contribution is 0.319. The summed E-state index contributed by atoms with van der Waals surface area (Å²) < 4.78 is 0. The van der Waals surface area contributed by atoms with Crippen molar-refractivity contribution in [1.29, 1.82) is 5.26 Å². The Morgan fingerprint density at radius 2 is 1.95 bits per heavy atom. The molecule has 2 aliphatic heterocycles. The van der Waals surface area contributed by atoms with Gasteiger partial charge in [-0.05, 0) is 30.9 Å². The molecule has 0 aromatic carbocycles. The molecule has 1 aromatic rings. The predicted octanol–water partition coefficient (Wildman–Crippen LogP) is 3.11. The summed E-state index contributed by atoms with van der Waals surface area (Å²) in [4.78, 5) is 4.23. The maximum Gasteiger partial charge on any atom is 0.0873 e. The number of hydrogen-bond donors (Lipinski definition) is 1. The highest BCUT2D eigenvalue weighted by Crippen LogP contribution is 2.39. The molecule has 0 amide bonds. The van der Waals surface area contributed by atoms with Crippen LogP contribution in [0.25, 0.3) is 0 Å². The summed E-state index contributed by atoms with van der Waals surface area (Å²) in [5.41, 5.74) is 1.82. The molecule has 1 fully saturated rings. The van der Waals surface area contributed by atoms with Crippen molar-refractivity contribution in [3.05, 3.63) is 41.7 Å². The van der Waals surface area contributed by atoms with Gasteiger partial charge in [-0.1, -0.05) is 32.1 Å². The predicted molar refractivity (Wildman–Crippen MR) is 78.8 cm³/mol. The summed E-state index contributed by atoms with van der Waals surface area (Å²) >= 11 is 0. The van der Waals surface area contributed by atoms with Crippen molar-refractivity contribution in [2.45, 2.75) is 51.1 Å². The monoisotopic (exact) mass is 257 g/mol. The SMILES string of the molecule is CC.Cc1cncc(C2(C#N)C[C@H]3C=C[C@@H](C2)N3)c1.[HH]. The molecule has 3 nitrogen and oxygen atoms in total. The fraction of sp³-hybridized carbons (Fsp3) is 0.500. The lowest BCUT2D eigenvalue weighted by Crippen LogP contribution is -2.46. The van der Waals surface area contributed by atoms with Crippen LogP contribution in [0.2, 0.25) is 0 Å². The van der Waals surface area contributed by atoms with Crippen LogP contribution in [-0.4, -0.2) is 17.1 Å². The standard InChI is InChI=1S/C14H15N3.C2H6.H2/c1-10-4-11(8-16-7-10)14(9-15)5-12-2-3-13(6-14)17-12;1-2;/h2-4,7-8,12-13,17H,5-6H2,1H3;1-2H3;1H/t12-,13+,14?;;. The number of fused-ring (bicyclic) bond motifs is 2. The highest BCUT2D eigenvalue weighted by atomic mass is 15.0. The highest BCUT2D eigenvalue weighted by Gasteiger charge is 2.43. The van der Waals surface area contributed by atoms with E-state index in [-0.39, 0.29) is 6.84 Å². The Hall–Kier alpha value is -1.66. The third kappa shape index (κ3) is 2.54. The summed E-state index contributed by atoms with van der Waals surface area (Å²) in [6, 6.07) is 5.32. The molecule has 102 valence electrons. The van der Waals surface area contributed by atoms with Crippen molar-refractivity contribution in [1.82, 2.24) is 10.3 Å². The third-order valence-electron chi connectivity index (χ3n) is 3.78. The Labute approximate surface area is 116 Å². The minimum atomic E-state index is -0.372. The molecule has 3 rings (SSSR count). The molecule has 0 radical (unpaired) electrons. The Morgan fingerprint density at radius 3 is 2.47 bits per heavy atom. The summed E-state index contributed by atoms with van der Waals surface area (Å²) in [6.45, 7) is 6.02. The van der Waals surface area contributed by atoms with Crippen molar-refractivity contribution >= 4 is 0 Å². The van der Waals surface area contributed by atoms with Crippen LogP contribution in [0.3, 0.4) is 0 Å².